The third kappa shape index (κ3) is 4.93. The predicted octanol–water partition coefficient (Wildman–Crippen LogP) is 4.50. The zero-order chi connectivity index (χ0) is 17.6. The van der Waals surface area contributed by atoms with Crippen LogP contribution in [-0.2, 0) is 24.2 Å². The van der Waals surface area contributed by atoms with Crippen LogP contribution in [0.1, 0.15) is 52.7 Å². The molecule has 0 spiro atoms. The van der Waals surface area contributed by atoms with E-state index >= 15 is 0 Å². The first-order chi connectivity index (χ1) is 12.1. The Bertz CT molecular complexity index is 768. The summed E-state index contributed by atoms with van der Waals surface area (Å²) in [4.78, 5) is 24.3. The van der Waals surface area contributed by atoms with E-state index in [0.29, 0.717) is 11.6 Å². The van der Waals surface area contributed by atoms with Crippen molar-refractivity contribution < 1.29 is 9.59 Å². The Kier molecular flexibility index (Phi) is 5.87. The summed E-state index contributed by atoms with van der Waals surface area (Å²) < 4.78 is 0. The molecule has 2 aromatic rings. The van der Waals surface area contributed by atoms with Crippen molar-refractivity contribution >= 4 is 23.3 Å². The molecule has 0 heterocycles. The molecule has 0 aromatic heterocycles. The number of benzene rings is 2. The average Bonchev–Trinajstić information content (AvgIpc) is 2.65. The van der Waals surface area contributed by atoms with Gasteiger partial charge in [-0.1, -0.05) is 35.9 Å². The first-order valence-corrected chi connectivity index (χ1v) is 9.16. The molecule has 0 saturated carbocycles. The predicted molar refractivity (Wildman–Crippen MR) is 99.9 cm³/mol. The minimum absolute atomic E-state index is 0.0371. The molecule has 0 atom stereocenters. The van der Waals surface area contributed by atoms with Gasteiger partial charge in [0, 0.05) is 30.0 Å². The Hall–Kier alpha value is -2.13. The van der Waals surface area contributed by atoms with Crippen molar-refractivity contribution in [2.45, 2.75) is 45.1 Å². The number of hydrogen-bond donors (Lipinski definition) is 1. The minimum atomic E-state index is -0.110. The first-order valence-electron chi connectivity index (χ1n) is 8.78. The van der Waals surface area contributed by atoms with Crippen LogP contribution >= 0.6 is 11.6 Å². The zero-order valence-corrected chi connectivity index (χ0v) is 14.9. The van der Waals surface area contributed by atoms with E-state index in [4.69, 9.17) is 11.6 Å². The van der Waals surface area contributed by atoms with E-state index < -0.39 is 0 Å². The zero-order valence-electron chi connectivity index (χ0n) is 14.2. The number of Topliss-reactive ketones (excluding diaryl/α,β-unsaturated/α-hetero) is 1. The fourth-order valence-electron chi connectivity index (χ4n) is 3.17. The number of nitrogens with one attached hydrogen (secondary N) is 1. The molecule has 25 heavy (non-hydrogen) atoms. The molecular formula is C21H22ClNO2. The van der Waals surface area contributed by atoms with Gasteiger partial charge in [0.05, 0.1) is 0 Å². The molecule has 0 bridgehead atoms. The molecule has 1 aliphatic carbocycles. The van der Waals surface area contributed by atoms with Gasteiger partial charge in [0.15, 0.2) is 5.78 Å². The normalized spacial score (nSPS) is 13.2. The molecule has 0 fully saturated rings. The van der Waals surface area contributed by atoms with Gasteiger partial charge in [0.1, 0.15) is 0 Å². The summed E-state index contributed by atoms with van der Waals surface area (Å²) in [5.74, 6) is -0.0729. The summed E-state index contributed by atoms with van der Waals surface area (Å²) in [5.41, 5.74) is 4.37. The average molecular weight is 356 g/mol. The Morgan fingerprint density at radius 2 is 1.64 bits per heavy atom. The quantitative estimate of drug-likeness (QED) is 0.775. The van der Waals surface area contributed by atoms with Crippen molar-refractivity contribution in [1.29, 1.82) is 0 Å². The lowest BCUT2D eigenvalue weighted by atomic mass is 9.89. The number of ketones is 1. The summed E-state index contributed by atoms with van der Waals surface area (Å²) >= 11 is 5.84. The Morgan fingerprint density at radius 1 is 0.920 bits per heavy atom. The van der Waals surface area contributed by atoms with Gasteiger partial charge in [0.25, 0.3) is 0 Å². The van der Waals surface area contributed by atoms with Crippen LogP contribution < -0.4 is 5.32 Å². The Balaban J connectivity index is 1.48. The molecule has 0 unspecified atom stereocenters. The number of amides is 1. The molecule has 1 N–H and O–H groups in total. The smallest absolute Gasteiger partial charge is 0.220 e. The third-order valence-corrected chi connectivity index (χ3v) is 4.90. The van der Waals surface area contributed by atoms with Crippen LogP contribution in [-0.4, -0.2) is 11.7 Å². The summed E-state index contributed by atoms with van der Waals surface area (Å²) in [6, 6.07) is 13.3. The van der Waals surface area contributed by atoms with E-state index in [0.717, 1.165) is 24.0 Å². The van der Waals surface area contributed by atoms with Crippen LogP contribution in [0.25, 0.3) is 0 Å². The fraction of sp³-hybridized carbons (Fsp3) is 0.333. The van der Waals surface area contributed by atoms with Gasteiger partial charge in [-0.25, -0.2) is 0 Å². The van der Waals surface area contributed by atoms with Crippen LogP contribution in [0.2, 0.25) is 5.02 Å². The molecule has 0 aliphatic heterocycles. The first kappa shape index (κ1) is 17.7. The van der Waals surface area contributed by atoms with Crippen molar-refractivity contribution in [2.24, 2.45) is 0 Å². The van der Waals surface area contributed by atoms with Gasteiger partial charge in [0.2, 0.25) is 5.91 Å². The molecule has 3 rings (SSSR count). The molecule has 0 radical (unpaired) electrons. The van der Waals surface area contributed by atoms with E-state index in [1.165, 1.54) is 24.0 Å². The number of rotatable bonds is 6. The van der Waals surface area contributed by atoms with Crippen LogP contribution in [0.5, 0.6) is 0 Å². The van der Waals surface area contributed by atoms with Crippen molar-refractivity contribution in [3.8, 4) is 0 Å². The summed E-state index contributed by atoms with van der Waals surface area (Å²) in [5, 5.41) is 3.51. The standard InChI is InChI=1S/C21H22ClNO2/c22-19-9-5-15(6-10-19)14-23-21(25)12-11-20(24)18-8-7-16-3-1-2-4-17(16)13-18/h5-10,13H,1-4,11-12,14H2,(H,23,25). The molecule has 4 heteroatoms. The number of fused-ring (bicyclic) bond motifs is 1. The number of carbonyl (C=O) groups excluding carboxylic acids is 2. The maximum absolute atomic E-state index is 12.4. The highest BCUT2D eigenvalue weighted by molar-refractivity contribution is 6.30. The number of carbonyl (C=O) groups is 2. The fourth-order valence-corrected chi connectivity index (χ4v) is 3.30. The molecule has 130 valence electrons. The summed E-state index contributed by atoms with van der Waals surface area (Å²) in [6.07, 6.45) is 5.04. The lowest BCUT2D eigenvalue weighted by molar-refractivity contribution is -0.121. The molecule has 1 aliphatic rings. The monoisotopic (exact) mass is 355 g/mol. The van der Waals surface area contributed by atoms with Crippen molar-refractivity contribution in [1.82, 2.24) is 5.32 Å². The lowest BCUT2D eigenvalue weighted by Crippen LogP contribution is -2.23. The highest BCUT2D eigenvalue weighted by Gasteiger charge is 2.14. The number of halogens is 1. The van der Waals surface area contributed by atoms with Crippen LogP contribution in [0, 0.1) is 0 Å². The van der Waals surface area contributed by atoms with Gasteiger partial charge in [-0.15, -0.1) is 0 Å². The lowest BCUT2D eigenvalue weighted by Gasteiger charge is -2.16. The minimum Gasteiger partial charge on any atom is -0.352 e. The second-order valence-corrected chi connectivity index (χ2v) is 6.95. The van der Waals surface area contributed by atoms with Gasteiger partial charge in [-0.2, -0.15) is 0 Å². The van der Waals surface area contributed by atoms with E-state index in [1.54, 1.807) is 12.1 Å². The van der Waals surface area contributed by atoms with Gasteiger partial charge in [-0.3, -0.25) is 9.59 Å². The van der Waals surface area contributed by atoms with Crippen LogP contribution in [0.4, 0.5) is 0 Å². The van der Waals surface area contributed by atoms with Crippen LogP contribution in [0.3, 0.4) is 0 Å². The summed E-state index contributed by atoms with van der Waals surface area (Å²) in [7, 11) is 0. The topological polar surface area (TPSA) is 46.2 Å². The molecular weight excluding hydrogens is 334 g/mol. The van der Waals surface area contributed by atoms with E-state index in [-0.39, 0.29) is 24.5 Å². The highest BCUT2D eigenvalue weighted by Crippen LogP contribution is 2.23. The van der Waals surface area contributed by atoms with Crippen molar-refractivity contribution in [2.75, 3.05) is 0 Å². The molecule has 0 saturated heterocycles. The van der Waals surface area contributed by atoms with E-state index in [9.17, 15) is 9.59 Å². The summed E-state index contributed by atoms with van der Waals surface area (Å²) in [6.45, 7) is 0.447. The third-order valence-electron chi connectivity index (χ3n) is 4.65. The van der Waals surface area contributed by atoms with E-state index in [1.807, 2.05) is 24.3 Å². The number of aryl methyl sites for hydroxylation is 2. The molecule has 3 nitrogen and oxygen atoms in total. The SMILES string of the molecule is O=C(CCC(=O)c1ccc2c(c1)CCCC2)NCc1ccc(Cl)cc1. The Morgan fingerprint density at radius 3 is 2.40 bits per heavy atom. The van der Waals surface area contributed by atoms with Crippen molar-refractivity contribution in [3.05, 3.63) is 69.7 Å². The Labute approximate surface area is 153 Å². The van der Waals surface area contributed by atoms with Crippen LogP contribution in [0.15, 0.2) is 42.5 Å². The van der Waals surface area contributed by atoms with Gasteiger partial charge < -0.3 is 5.32 Å². The van der Waals surface area contributed by atoms with Gasteiger partial charge >= 0.3 is 0 Å². The molecule has 1 amide bonds. The maximum Gasteiger partial charge on any atom is 0.220 e. The van der Waals surface area contributed by atoms with Gasteiger partial charge in [-0.05, 0) is 60.6 Å². The second-order valence-electron chi connectivity index (χ2n) is 6.52. The van der Waals surface area contributed by atoms with Crippen molar-refractivity contribution in [3.63, 3.8) is 0 Å². The second kappa shape index (κ2) is 8.30. The van der Waals surface area contributed by atoms with E-state index in [2.05, 4.69) is 11.4 Å². The highest BCUT2D eigenvalue weighted by atomic mass is 35.5. The largest absolute Gasteiger partial charge is 0.352 e. The number of hydrogen-bond acceptors (Lipinski definition) is 2. The molecule has 2 aromatic carbocycles. The maximum atomic E-state index is 12.4.